The Bertz CT molecular complexity index is 674. The van der Waals surface area contributed by atoms with Crippen molar-refractivity contribution in [3.63, 3.8) is 0 Å². The summed E-state index contributed by atoms with van der Waals surface area (Å²) in [7, 11) is 0. The standard InChI is InChI=1S/C15H17N3O3/c19-9-10-3-1-5-12(10)17-13-6-7-14(18(20)21)11-4-2-8-16-15(11)13/h2,4,6-8,10,12,17,19H,1,3,5,9H2. The van der Waals surface area contributed by atoms with E-state index < -0.39 is 0 Å². The molecule has 0 bridgehead atoms. The lowest BCUT2D eigenvalue weighted by Crippen LogP contribution is -2.26. The molecule has 1 aliphatic rings. The molecule has 0 aliphatic heterocycles. The van der Waals surface area contributed by atoms with E-state index in [0.717, 1.165) is 24.9 Å². The van der Waals surface area contributed by atoms with Crippen LogP contribution in [0.25, 0.3) is 10.9 Å². The molecule has 2 aromatic rings. The minimum absolute atomic E-state index is 0.0637. The first-order chi connectivity index (χ1) is 10.2. The van der Waals surface area contributed by atoms with E-state index in [1.807, 2.05) is 0 Å². The van der Waals surface area contributed by atoms with Crippen molar-refractivity contribution in [2.45, 2.75) is 25.3 Å². The molecule has 1 aromatic carbocycles. The van der Waals surface area contributed by atoms with Crippen LogP contribution in [0, 0.1) is 16.0 Å². The Hall–Kier alpha value is -2.21. The number of rotatable bonds is 4. The Morgan fingerprint density at radius 1 is 1.38 bits per heavy atom. The predicted molar refractivity (Wildman–Crippen MR) is 80.2 cm³/mol. The number of benzene rings is 1. The largest absolute Gasteiger partial charge is 0.396 e. The van der Waals surface area contributed by atoms with E-state index in [-0.39, 0.29) is 29.2 Å². The van der Waals surface area contributed by atoms with Crippen LogP contribution >= 0.6 is 0 Å². The second-order valence-electron chi connectivity index (χ2n) is 5.41. The summed E-state index contributed by atoms with van der Waals surface area (Å²) in [5.74, 6) is 0.235. The molecule has 0 radical (unpaired) electrons. The summed E-state index contributed by atoms with van der Waals surface area (Å²) in [6, 6.07) is 6.83. The van der Waals surface area contributed by atoms with Crippen molar-refractivity contribution in [3.8, 4) is 0 Å². The van der Waals surface area contributed by atoms with Gasteiger partial charge in [0.1, 0.15) is 5.52 Å². The third kappa shape index (κ3) is 2.54. The third-order valence-electron chi connectivity index (χ3n) is 4.18. The van der Waals surface area contributed by atoms with Crippen LogP contribution in [0.2, 0.25) is 0 Å². The number of non-ortho nitro benzene ring substituents is 1. The van der Waals surface area contributed by atoms with Gasteiger partial charge in [0.05, 0.1) is 16.0 Å². The molecule has 3 rings (SSSR count). The van der Waals surface area contributed by atoms with Crippen LogP contribution in [-0.4, -0.2) is 27.7 Å². The van der Waals surface area contributed by atoms with Gasteiger partial charge in [-0.05, 0) is 31.0 Å². The first-order valence-electron chi connectivity index (χ1n) is 7.10. The topological polar surface area (TPSA) is 88.3 Å². The zero-order valence-corrected chi connectivity index (χ0v) is 11.5. The highest BCUT2D eigenvalue weighted by atomic mass is 16.6. The molecule has 6 heteroatoms. The van der Waals surface area contributed by atoms with E-state index in [2.05, 4.69) is 10.3 Å². The minimum atomic E-state index is -0.389. The Morgan fingerprint density at radius 2 is 2.24 bits per heavy atom. The van der Waals surface area contributed by atoms with Gasteiger partial charge in [-0.2, -0.15) is 0 Å². The van der Waals surface area contributed by atoms with Crippen molar-refractivity contribution in [2.24, 2.45) is 5.92 Å². The first-order valence-corrected chi connectivity index (χ1v) is 7.10. The summed E-state index contributed by atoms with van der Waals surface area (Å²) in [4.78, 5) is 15.0. The molecule has 110 valence electrons. The highest BCUT2D eigenvalue weighted by molar-refractivity contribution is 5.96. The number of aliphatic hydroxyl groups is 1. The molecule has 0 amide bonds. The van der Waals surface area contributed by atoms with Crippen LogP contribution in [0.15, 0.2) is 30.5 Å². The van der Waals surface area contributed by atoms with Crippen molar-refractivity contribution < 1.29 is 10.0 Å². The van der Waals surface area contributed by atoms with E-state index in [1.54, 1.807) is 24.4 Å². The molecule has 1 aliphatic carbocycles. The fourth-order valence-electron chi connectivity index (χ4n) is 3.08. The number of nitrogens with zero attached hydrogens (tertiary/aromatic N) is 2. The van der Waals surface area contributed by atoms with Crippen LogP contribution in [0.5, 0.6) is 0 Å². The molecule has 21 heavy (non-hydrogen) atoms. The molecular formula is C15H17N3O3. The zero-order chi connectivity index (χ0) is 14.8. The van der Waals surface area contributed by atoms with Gasteiger partial charge in [0.2, 0.25) is 0 Å². The molecule has 1 saturated carbocycles. The molecule has 0 spiro atoms. The second-order valence-corrected chi connectivity index (χ2v) is 5.41. The summed E-state index contributed by atoms with van der Waals surface area (Å²) in [6.45, 7) is 0.163. The fraction of sp³-hybridized carbons (Fsp3) is 0.400. The average molecular weight is 287 g/mol. The van der Waals surface area contributed by atoms with Gasteiger partial charge >= 0.3 is 0 Å². The maximum Gasteiger partial charge on any atom is 0.278 e. The Morgan fingerprint density at radius 3 is 3.00 bits per heavy atom. The quantitative estimate of drug-likeness (QED) is 0.666. The SMILES string of the molecule is O=[N+]([O-])c1ccc(NC2CCCC2CO)c2ncccc12. The number of aromatic nitrogens is 1. The van der Waals surface area contributed by atoms with E-state index in [1.165, 1.54) is 6.07 Å². The minimum Gasteiger partial charge on any atom is -0.396 e. The Kier molecular flexibility index (Phi) is 3.70. The highest BCUT2D eigenvalue weighted by Gasteiger charge is 2.27. The number of pyridine rings is 1. The average Bonchev–Trinajstić information content (AvgIpc) is 2.94. The summed E-state index contributed by atoms with van der Waals surface area (Å²) in [5.41, 5.74) is 1.46. The number of aliphatic hydroxyl groups excluding tert-OH is 1. The van der Waals surface area contributed by atoms with Gasteiger partial charge in [-0.15, -0.1) is 0 Å². The smallest absolute Gasteiger partial charge is 0.278 e. The van der Waals surface area contributed by atoms with Crippen LogP contribution in [-0.2, 0) is 0 Å². The predicted octanol–water partition coefficient (Wildman–Crippen LogP) is 2.72. The van der Waals surface area contributed by atoms with E-state index in [4.69, 9.17) is 0 Å². The maximum absolute atomic E-state index is 11.1. The molecule has 1 heterocycles. The number of hydrogen-bond donors (Lipinski definition) is 2. The maximum atomic E-state index is 11.1. The van der Waals surface area contributed by atoms with Crippen molar-refractivity contribution in [3.05, 3.63) is 40.6 Å². The molecule has 2 atom stereocenters. The first kappa shape index (κ1) is 13.8. The number of nitrogens with one attached hydrogen (secondary N) is 1. The number of hydrogen-bond acceptors (Lipinski definition) is 5. The molecule has 2 unspecified atom stereocenters. The van der Waals surface area contributed by atoms with Crippen LogP contribution in [0.3, 0.4) is 0 Å². The van der Waals surface area contributed by atoms with Crippen molar-refractivity contribution in [2.75, 3.05) is 11.9 Å². The molecule has 1 fully saturated rings. The van der Waals surface area contributed by atoms with Crippen molar-refractivity contribution in [1.29, 1.82) is 0 Å². The van der Waals surface area contributed by atoms with Crippen molar-refractivity contribution in [1.82, 2.24) is 4.98 Å². The fourth-order valence-corrected chi connectivity index (χ4v) is 3.08. The van der Waals surface area contributed by atoms with Gasteiger partial charge < -0.3 is 10.4 Å². The Labute approximate surface area is 122 Å². The highest BCUT2D eigenvalue weighted by Crippen LogP contribution is 2.33. The van der Waals surface area contributed by atoms with Crippen LogP contribution < -0.4 is 5.32 Å². The molecular weight excluding hydrogens is 270 g/mol. The summed E-state index contributed by atoms with van der Waals surface area (Å²) < 4.78 is 0. The van der Waals surface area contributed by atoms with E-state index in [9.17, 15) is 15.2 Å². The van der Waals surface area contributed by atoms with E-state index >= 15 is 0 Å². The molecule has 6 nitrogen and oxygen atoms in total. The lowest BCUT2D eigenvalue weighted by Gasteiger charge is -2.21. The molecule has 1 aromatic heterocycles. The van der Waals surface area contributed by atoms with Crippen LogP contribution in [0.4, 0.5) is 11.4 Å². The summed E-state index contributed by atoms with van der Waals surface area (Å²) in [5, 5.41) is 24.4. The van der Waals surface area contributed by atoms with Crippen LogP contribution in [0.1, 0.15) is 19.3 Å². The third-order valence-corrected chi connectivity index (χ3v) is 4.18. The summed E-state index contributed by atoms with van der Waals surface area (Å²) in [6.07, 6.45) is 4.72. The second kappa shape index (κ2) is 5.65. The van der Waals surface area contributed by atoms with E-state index in [0.29, 0.717) is 10.9 Å². The van der Waals surface area contributed by atoms with Gasteiger partial charge in [-0.1, -0.05) is 6.42 Å². The van der Waals surface area contributed by atoms with Gasteiger partial charge in [0.15, 0.2) is 0 Å². The molecule has 2 N–H and O–H groups in total. The number of nitro groups is 1. The van der Waals surface area contributed by atoms with Gasteiger partial charge in [0.25, 0.3) is 5.69 Å². The van der Waals surface area contributed by atoms with Gasteiger partial charge in [-0.25, -0.2) is 0 Å². The van der Waals surface area contributed by atoms with Gasteiger partial charge in [-0.3, -0.25) is 15.1 Å². The zero-order valence-electron chi connectivity index (χ0n) is 11.5. The number of anilines is 1. The monoisotopic (exact) mass is 287 g/mol. The lowest BCUT2D eigenvalue weighted by molar-refractivity contribution is -0.383. The van der Waals surface area contributed by atoms with Gasteiger partial charge in [0, 0.05) is 30.8 Å². The Balaban J connectivity index is 2.00. The number of nitro benzene ring substituents is 1. The normalized spacial score (nSPS) is 21.6. The van der Waals surface area contributed by atoms with Crippen molar-refractivity contribution >= 4 is 22.3 Å². The lowest BCUT2D eigenvalue weighted by atomic mass is 10.0. The summed E-state index contributed by atoms with van der Waals surface area (Å²) >= 11 is 0. The molecule has 0 saturated heterocycles. The number of fused-ring (bicyclic) bond motifs is 1.